The third kappa shape index (κ3) is 4.66. The molecular formula is C27H22O5S. The molecule has 0 bridgehead atoms. The maximum absolute atomic E-state index is 13.5. The number of aryl methyl sites for hydroxylation is 3. The number of rotatable bonds is 6. The molecule has 0 aliphatic rings. The number of benzene rings is 3. The number of fused-ring (bicyclic) bond motifs is 1. The fraction of sp³-hybridized carbons (Fsp3) is 0.111. The van der Waals surface area contributed by atoms with Crippen molar-refractivity contribution in [2.75, 3.05) is 0 Å². The molecule has 0 unspecified atom stereocenters. The second-order valence-corrected chi connectivity index (χ2v) is 8.94. The number of carboxylic acid groups (broad SMARTS) is 1. The van der Waals surface area contributed by atoms with Gasteiger partial charge in [-0.05, 0) is 73.9 Å². The zero-order chi connectivity index (χ0) is 23.7. The Morgan fingerprint density at radius 2 is 1.73 bits per heavy atom. The number of carbonyl (C=O) groups excluding carboxylic acids is 1. The monoisotopic (exact) mass is 458 g/mol. The minimum absolute atomic E-state index is 0.117. The van der Waals surface area contributed by atoms with Crippen LogP contribution in [0.2, 0.25) is 0 Å². The molecule has 2 N–H and O–H groups in total. The highest BCUT2D eigenvalue weighted by molar-refractivity contribution is 7.21. The number of carbonyl (C=O) groups is 2. The van der Waals surface area contributed by atoms with Gasteiger partial charge in [-0.2, -0.15) is 0 Å². The lowest BCUT2D eigenvalue weighted by atomic mass is 10.0. The summed E-state index contributed by atoms with van der Waals surface area (Å²) in [5.74, 6) is -0.0363. The molecule has 33 heavy (non-hydrogen) atoms. The molecule has 166 valence electrons. The molecule has 0 aliphatic heterocycles. The molecule has 0 amide bonds. The molecule has 6 heteroatoms. The fourth-order valence-corrected chi connectivity index (χ4v) is 4.79. The van der Waals surface area contributed by atoms with E-state index in [9.17, 15) is 14.7 Å². The van der Waals surface area contributed by atoms with Gasteiger partial charge < -0.3 is 14.9 Å². The molecule has 5 nitrogen and oxygen atoms in total. The van der Waals surface area contributed by atoms with Crippen LogP contribution in [0.4, 0.5) is 0 Å². The van der Waals surface area contributed by atoms with Crippen molar-refractivity contribution in [1.82, 2.24) is 0 Å². The SMILES string of the molecule is Cc1ccc(C(=O)c2sc3cc(O)ccc3c2Oc2ccc(/C=C/C(=O)O)cc2C)c(C)c1. The number of aliphatic carboxylic acids is 1. The third-order valence-corrected chi connectivity index (χ3v) is 6.42. The van der Waals surface area contributed by atoms with Crippen LogP contribution in [-0.2, 0) is 4.79 Å². The van der Waals surface area contributed by atoms with Crippen molar-refractivity contribution in [3.63, 3.8) is 0 Å². The lowest BCUT2D eigenvalue weighted by molar-refractivity contribution is -0.131. The lowest BCUT2D eigenvalue weighted by Gasteiger charge is -2.12. The van der Waals surface area contributed by atoms with E-state index in [-0.39, 0.29) is 11.5 Å². The maximum Gasteiger partial charge on any atom is 0.328 e. The summed E-state index contributed by atoms with van der Waals surface area (Å²) in [7, 11) is 0. The van der Waals surface area contributed by atoms with Crippen LogP contribution in [0.5, 0.6) is 17.2 Å². The average Bonchev–Trinajstić information content (AvgIpc) is 3.10. The first-order valence-electron chi connectivity index (χ1n) is 10.3. The lowest BCUT2D eigenvalue weighted by Crippen LogP contribution is -2.03. The van der Waals surface area contributed by atoms with Gasteiger partial charge in [0.1, 0.15) is 16.4 Å². The molecule has 1 aromatic heterocycles. The number of ketones is 1. The summed E-state index contributed by atoms with van der Waals surface area (Å²) in [6.07, 6.45) is 2.59. The van der Waals surface area contributed by atoms with E-state index < -0.39 is 5.97 Å². The molecule has 3 aromatic carbocycles. The number of aromatic hydroxyl groups is 1. The molecule has 0 radical (unpaired) electrons. The second kappa shape index (κ2) is 8.92. The number of phenols is 1. The molecule has 0 saturated heterocycles. The Labute approximate surface area is 195 Å². The smallest absolute Gasteiger partial charge is 0.328 e. The van der Waals surface area contributed by atoms with E-state index in [1.165, 1.54) is 17.4 Å². The molecule has 0 atom stereocenters. The Balaban J connectivity index is 1.80. The van der Waals surface area contributed by atoms with E-state index in [2.05, 4.69) is 0 Å². The summed E-state index contributed by atoms with van der Waals surface area (Å²) in [4.78, 5) is 24.8. The van der Waals surface area contributed by atoms with Crippen molar-refractivity contribution in [3.8, 4) is 17.2 Å². The molecule has 0 spiro atoms. The number of ether oxygens (including phenoxy) is 1. The number of carboxylic acids is 1. The molecular weight excluding hydrogens is 436 g/mol. The van der Waals surface area contributed by atoms with E-state index in [1.54, 1.807) is 30.3 Å². The van der Waals surface area contributed by atoms with E-state index in [0.717, 1.165) is 38.4 Å². The predicted molar refractivity (Wildman–Crippen MR) is 131 cm³/mol. The van der Waals surface area contributed by atoms with Gasteiger partial charge in [-0.25, -0.2) is 4.79 Å². The van der Waals surface area contributed by atoms with E-state index in [0.29, 0.717) is 21.9 Å². The predicted octanol–water partition coefficient (Wildman–Crippen LogP) is 6.65. The Morgan fingerprint density at radius 1 is 0.939 bits per heavy atom. The highest BCUT2D eigenvalue weighted by atomic mass is 32.1. The standard InChI is InChI=1S/C27H22O5S/c1-15-4-8-20(16(2)12-15)25(31)27-26(21-9-7-19(28)14-23(21)33-27)32-22-10-5-18(13-17(22)3)6-11-24(29)30/h4-14,28H,1-3H3,(H,29,30)/b11-6+. The number of thiophene rings is 1. The molecule has 1 heterocycles. The van der Waals surface area contributed by atoms with Crippen LogP contribution < -0.4 is 4.74 Å². The van der Waals surface area contributed by atoms with Crippen molar-refractivity contribution in [2.24, 2.45) is 0 Å². The van der Waals surface area contributed by atoms with Crippen LogP contribution in [0, 0.1) is 20.8 Å². The van der Waals surface area contributed by atoms with Crippen molar-refractivity contribution < 1.29 is 24.5 Å². The summed E-state index contributed by atoms with van der Waals surface area (Å²) in [6, 6.07) is 16.0. The summed E-state index contributed by atoms with van der Waals surface area (Å²) in [5.41, 5.74) is 4.10. The maximum atomic E-state index is 13.5. The Bertz CT molecular complexity index is 1430. The van der Waals surface area contributed by atoms with Crippen LogP contribution in [0.25, 0.3) is 16.2 Å². The topological polar surface area (TPSA) is 83.8 Å². The number of phenolic OH excluding ortho intramolecular Hbond substituents is 1. The van der Waals surface area contributed by atoms with Crippen LogP contribution >= 0.6 is 11.3 Å². The van der Waals surface area contributed by atoms with Gasteiger partial charge >= 0.3 is 5.97 Å². The zero-order valence-corrected chi connectivity index (χ0v) is 19.2. The number of hydrogen-bond donors (Lipinski definition) is 2. The van der Waals surface area contributed by atoms with Gasteiger partial charge in [0.05, 0.1) is 0 Å². The van der Waals surface area contributed by atoms with Gasteiger partial charge in [-0.15, -0.1) is 11.3 Å². The molecule has 4 aromatic rings. The molecule has 0 fully saturated rings. The van der Waals surface area contributed by atoms with E-state index in [4.69, 9.17) is 9.84 Å². The Morgan fingerprint density at radius 3 is 2.42 bits per heavy atom. The quantitative estimate of drug-likeness (QED) is 0.249. The van der Waals surface area contributed by atoms with Gasteiger partial charge in [0.25, 0.3) is 0 Å². The average molecular weight is 459 g/mol. The minimum Gasteiger partial charge on any atom is -0.508 e. The zero-order valence-electron chi connectivity index (χ0n) is 18.4. The first-order valence-corrected chi connectivity index (χ1v) is 11.1. The van der Waals surface area contributed by atoms with Gasteiger partial charge in [-0.1, -0.05) is 29.8 Å². The van der Waals surface area contributed by atoms with Gasteiger partial charge in [0.15, 0.2) is 5.75 Å². The molecule has 0 saturated carbocycles. The first kappa shape index (κ1) is 22.3. The summed E-state index contributed by atoms with van der Waals surface area (Å²) < 4.78 is 7.03. The molecule has 0 aliphatic carbocycles. The largest absolute Gasteiger partial charge is 0.508 e. The van der Waals surface area contributed by atoms with Gasteiger partial charge in [-0.3, -0.25) is 4.79 Å². The van der Waals surface area contributed by atoms with Crippen LogP contribution in [0.3, 0.4) is 0 Å². The van der Waals surface area contributed by atoms with Crippen molar-refractivity contribution in [3.05, 3.63) is 93.4 Å². The highest BCUT2D eigenvalue weighted by Gasteiger charge is 2.23. The Kier molecular flexibility index (Phi) is 6.03. The third-order valence-electron chi connectivity index (χ3n) is 5.29. The highest BCUT2D eigenvalue weighted by Crippen LogP contribution is 2.43. The summed E-state index contributed by atoms with van der Waals surface area (Å²) in [5, 5.41) is 19.5. The minimum atomic E-state index is -1.02. The first-order chi connectivity index (χ1) is 15.7. The van der Waals surface area contributed by atoms with Crippen molar-refractivity contribution in [2.45, 2.75) is 20.8 Å². The van der Waals surface area contributed by atoms with Gasteiger partial charge in [0.2, 0.25) is 5.78 Å². The Hall–Kier alpha value is -3.90. The second-order valence-electron chi connectivity index (χ2n) is 7.89. The molecule has 4 rings (SSSR count). The van der Waals surface area contributed by atoms with Gasteiger partial charge in [0, 0.05) is 21.7 Å². The van der Waals surface area contributed by atoms with Crippen molar-refractivity contribution >= 4 is 39.3 Å². The van der Waals surface area contributed by atoms with E-state index >= 15 is 0 Å². The van der Waals surface area contributed by atoms with Crippen molar-refractivity contribution in [1.29, 1.82) is 0 Å². The summed E-state index contributed by atoms with van der Waals surface area (Å²) in [6.45, 7) is 5.75. The number of hydrogen-bond acceptors (Lipinski definition) is 5. The van der Waals surface area contributed by atoms with Crippen LogP contribution in [0.15, 0.2) is 60.7 Å². The summed E-state index contributed by atoms with van der Waals surface area (Å²) >= 11 is 1.28. The fourth-order valence-electron chi connectivity index (χ4n) is 3.67. The normalized spacial score (nSPS) is 11.2. The van der Waals surface area contributed by atoms with E-state index in [1.807, 2.05) is 45.0 Å². The van der Waals surface area contributed by atoms with Crippen LogP contribution in [-0.4, -0.2) is 22.0 Å². The van der Waals surface area contributed by atoms with Crippen LogP contribution in [0.1, 0.15) is 37.5 Å².